The van der Waals surface area contributed by atoms with Gasteiger partial charge in [-0.3, -0.25) is 4.79 Å². The van der Waals surface area contributed by atoms with Crippen LogP contribution in [0.1, 0.15) is 52.4 Å². The van der Waals surface area contributed by atoms with Gasteiger partial charge in [-0.05, 0) is 50.5 Å². The zero-order chi connectivity index (χ0) is 12.5. The van der Waals surface area contributed by atoms with Crippen molar-refractivity contribution in [3.63, 3.8) is 0 Å². The molecule has 3 nitrogen and oxygen atoms in total. The third kappa shape index (κ3) is 3.01. The number of carboxylic acids is 1. The van der Waals surface area contributed by atoms with Gasteiger partial charge in [0.1, 0.15) is 0 Å². The molecule has 0 radical (unpaired) electrons. The van der Waals surface area contributed by atoms with E-state index in [4.69, 9.17) is 0 Å². The first-order valence-corrected chi connectivity index (χ1v) is 6.99. The standard InChI is InChI=1S/C14H25NO2/c1-10(14(2)7-8-14)15-9-11-5-3-4-6-12(11)13(16)17/h10-12,15H,3-9H2,1-2H3,(H,16,17). The molecule has 2 aliphatic carbocycles. The van der Waals surface area contributed by atoms with Crippen LogP contribution in [0.25, 0.3) is 0 Å². The van der Waals surface area contributed by atoms with Crippen molar-refractivity contribution < 1.29 is 9.90 Å². The molecule has 2 aliphatic rings. The number of nitrogens with one attached hydrogen (secondary N) is 1. The maximum absolute atomic E-state index is 11.2. The zero-order valence-electron chi connectivity index (χ0n) is 11.0. The van der Waals surface area contributed by atoms with Crippen LogP contribution in [-0.2, 0) is 4.79 Å². The van der Waals surface area contributed by atoms with Crippen LogP contribution in [0, 0.1) is 17.3 Å². The number of aliphatic carboxylic acids is 1. The predicted molar refractivity (Wildman–Crippen MR) is 67.9 cm³/mol. The molecule has 0 aromatic heterocycles. The highest BCUT2D eigenvalue weighted by atomic mass is 16.4. The summed E-state index contributed by atoms with van der Waals surface area (Å²) < 4.78 is 0. The fraction of sp³-hybridized carbons (Fsp3) is 0.929. The maximum Gasteiger partial charge on any atom is 0.306 e. The molecule has 2 N–H and O–H groups in total. The lowest BCUT2D eigenvalue weighted by molar-refractivity contribution is -0.144. The van der Waals surface area contributed by atoms with E-state index >= 15 is 0 Å². The van der Waals surface area contributed by atoms with E-state index in [0.717, 1.165) is 25.8 Å². The first-order valence-electron chi connectivity index (χ1n) is 6.99. The average Bonchev–Trinajstić information content (AvgIpc) is 3.06. The van der Waals surface area contributed by atoms with Crippen molar-refractivity contribution in [1.82, 2.24) is 5.32 Å². The van der Waals surface area contributed by atoms with E-state index < -0.39 is 5.97 Å². The van der Waals surface area contributed by atoms with Crippen molar-refractivity contribution in [3.8, 4) is 0 Å². The Labute approximate surface area is 104 Å². The second kappa shape index (κ2) is 4.97. The molecule has 0 saturated heterocycles. The quantitative estimate of drug-likeness (QED) is 0.775. The lowest BCUT2D eigenvalue weighted by Gasteiger charge is -2.31. The van der Waals surface area contributed by atoms with Crippen molar-refractivity contribution in [1.29, 1.82) is 0 Å². The first kappa shape index (κ1) is 12.9. The van der Waals surface area contributed by atoms with Gasteiger partial charge in [-0.15, -0.1) is 0 Å². The predicted octanol–water partition coefficient (Wildman–Crippen LogP) is 2.66. The van der Waals surface area contributed by atoms with Crippen molar-refractivity contribution in [3.05, 3.63) is 0 Å². The molecule has 3 heteroatoms. The molecule has 98 valence electrons. The molecular formula is C14H25NO2. The molecule has 2 saturated carbocycles. The summed E-state index contributed by atoms with van der Waals surface area (Å²) >= 11 is 0. The van der Waals surface area contributed by atoms with Gasteiger partial charge < -0.3 is 10.4 Å². The Morgan fingerprint density at radius 2 is 2.06 bits per heavy atom. The monoisotopic (exact) mass is 239 g/mol. The van der Waals surface area contributed by atoms with Gasteiger partial charge in [0.25, 0.3) is 0 Å². The summed E-state index contributed by atoms with van der Waals surface area (Å²) in [5, 5.41) is 12.8. The first-order chi connectivity index (χ1) is 8.03. The molecule has 17 heavy (non-hydrogen) atoms. The molecular weight excluding hydrogens is 214 g/mol. The SMILES string of the molecule is CC(NCC1CCCCC1C(=O)O)C1(C)CC1. The van der Waals surface area contributed by atoms with Crippen LogP contribution in [0.3, 0.4) is 0 Å². The molecule has 0 aliphatic heterocycles. The van der Waals surface area contributed by atoms with Crippen LogP contribution in [0.15, 0.2) is 0 Å². The van der Waals surface area contributed by atoms with E-state index in [1.807, 2.05) is 0 Å². The minimum absolute atomic E-state index is 0.115. The molecule has 0 aromatic rings. The summed E-state index contributed by atoms with van der Waals surface area (Å²) in [5.41, 5.74) is 0.480. The summed E-state index contributed by atoms with van der Waals surface area (Å²) in [4.78, 5) is 11.2. The molecule has 2 fully saturated rings. The Hall–Kier alpha value is -0.570. The second-order valence-corrected chi connectivity index (χ2v) is 6.27. The van der Waals surface area contributed by atoms with Crippen LogP contribution >= 0.6 is 0 Å². The van der Waals surface area contributed by atoms with Gasteiger partial charge >= 0.3 is 5.97 Å². The fourth-order valence-corrected chi connectivity index (χ4v) is 2.98. The molecule has 3 unspecified atom stereocenters. The van der Waals surface area contributed by atoms with Crippen LogP contribution in [0.4, 0.5) is 0 Å². The number of carboxylic acid groups (broad SMARTS) is 1. The highest BCUT2D eigenvalue weighted by molar-refractivity contribution is 5.70. The molecule has 0 spiro atoms. The Bertz CT molecular complexity index is 286. The summed E-state index contributed by atoms with van der Waals surface area (Å²) in [7, 11) is 0. The van der Waals surface area contributed by atoms with Crippen LogP contribution < -0.4 is 5.32 Å². The van der Waals surface area contributed by atoms with Gasteiger partial charge in [0.05, 0.1) is 5.92 Å². The molecule has 0 bridgehead atoms. The van der Waals surface area contributed by atoms with Gasteiger partial charge in [-0.25, -0.2) is 0 Å². The van der Waals surface area contributed by atoms with Crippen LogP contribution in [0.2, 0.25) is 0 Å². The van der Waals surface area contributed by atoms with E-state index in [1.165, 1.54) is 19.3 Å². The number of carbonyl (C=O) groups is 1. The third-order valence-electron chi connectivity index (χ3n) is 5.00. The van der Waals surface area contributed by atoms with Crippen molar-refractivity contribution in [2.45, 2.75) is 58.4 Å². The normalized spacial score (nSPS) is 33.1. The minimum atomic E-state index is -0.596. The molecule has 0 aromatic carbocycles. The van der Waals surface area contributed by atoms with Gasteiger partial charge in [0.15, 0.2) is 0 Å². The highest BCUT2D eigenvalue weighted by Gasteiger charge is 2.42. The molecule has 0 heterocycles. The topological polar surface area (TPSA) is 49.3 Å². The lowest BCUT2D eigenvalue weighted by Crippen LogP contribution is -2.41. The Kier molecular flexibility index (Phi) is 3.76. The van der Waals surface area contributed by atoms with Gasteiger partial charge in [0.2, 0.25) is 0 Å². The molecule has 0 amide bonds. The van der Waals surface area contributed by atoms with Crippen molar-refractivity contribution in [2.24, 2.45) is 17.3 Å². The second-order valence-electron chi connectivity index (χ2n) is 6.27. The number of hydrogen-bond acceptors (Lipinski definition) is 2. The third-order valence-corrected chi connectivity index (χ3v) is 5.00. The van der Waals surface area contributed by atoms with E-state index in [9.17, 15) is 9.90 Å². The van der Waals surface area contributed by atoms with E-state index in [2.05, 4.69) is 19.2 Å². The van der Waals surface area contributed by atoms with Crippen molar-refractivity contribution in [2.75, 3.05) is 6.54 Å². The number of hydrogen-bond donors (Lipinski definition) is 2. The van der Waals surface area contributed by atoms with Crippen molar-refractivity contribution >= 4 is 5.97 Å². The fourth-order valence-electron chi connectivity index (χ4n) is 2.98. The average molecular weight is 239 g/mol. The Morgan fingerprint density at radius 3 is 2.65 bits per heavy atom. The van der Waals surface area contributed by atoms with Gasteiger partial charge in [-0.1, -0.05) is 19.8 Å². The van der Waals surface area contributed by atoms with Crippen LogP contribution in [0.5, 0.6) is 0 Å². The smallest absolute Gasteiger partial charge is 0.306 e. The Balaban J connectivity index is 1.82. The van der Waals surface area contributed by atoms with Gasteiger partial charge in [-0.2, -0.15) is 0 Å². The molecule has 3 atom stereocenters. The van der Waals surface area contributed by atoms with E-state index in [1.54, 1.807) is 0 Å². The zero-order valence-corrected chi connectivity index (χ0v) is 11.0. The Morgan fingerprint density at radius 1 is 1.41 bits per heavy atom. The molecule has 2 rings (SSSR count). The highest BCUT2D eigenvalue weighted by Crippen LogP contribution is 2.48. The number of rotatable bonds is 5. The largest absolute Gasteiger partial charge is 0.481 e. The summed E-state index contributed by atoms with van der Waals surface area (Å²) in [6.45, 7) is 5.44. The lowest BCUT2D eigenvalue weighted by atomic mass is 9.79. The summed E-state index contributed by atoms with van der Waals surface area (Å²) in [5.74, 6) is -0.372. The maximum atomic E-state index is 11.2. The van der Waals surface area contributed by atoms with E-state index in [-0.39, 0.29) is 5.92 Å². The summed E-state index contributed by atoms with van der Waals surface area (Å²) in [6, 6.07) is 0.527. The van der Waals surface area contributed by atoms with Crippen LogP contribution in [-0.4, -0.2) is 23.7 Å². The summed E-state index contributed by atoms with van der Waals surface area (Å²) in [6.07, 6.45) is 6.85. The van der Waals surface area contributed by atoms with E-state index in [0.29, 0.717) is 17.4 Å². The van der Waals surface area contributed by atoms with Gasteiger partial charge in [0, 0.05) is 6.04 Å². The minimum Gasteiger partial charge on any atom is -0.481 e.